The van der Waals surface area contributed by atoms with Crippen molar-refractivity contribution in [3.63, 3.8) is 0 Å². The van der Waals surface area contributed by atoms with Gasteiger partial charge in [0.1, 0.15) is 12.2 Å². The Bertz CT molecular complexity index is 814. The van der Waals surface area contributed by atoms with Gasteiger partial charge in [0.15, 0.2) is 0 Å². The van der Waals surface area contributed by atoms with Gasteiger partial charge in [-0.15, -0.1) is 0 Å². The third-order valence-corrected chi connectivity index (χ3v) is 8.36. The van der Waals surface area contributed by atoms with Crippen LogP contribution in [-0.4, -0.2) is 148 Å². The van der Waals surface area contributed by atoms with E-state index in [0.717, 1.165) is 12.8 Å². The molecule has 0 aliphatic carbocycles. The van der Waals surface area contributed by atoms with Crippen LogP contribution in [0.1, 0.15) is 130 Å². The molecule has 0 saturated heterocycles. The number of likely N-dealkylation sites (N-methyl/N-ethyl adjacent to an activating group) is 1. The largest absolute Gasteiger partial charge is 0.463 e. The molecule has 0 atom stereocenters. The van der Waals surface area contributed by atoms with Crippen molar-refractivity contribution in [3.8, 4) is 0 Å². The maximum absolute atomic E-state index is 11.9. The standard InChI is InChI=1S/C42H83NO12/c1-6-7-8-9-10-11-12-13-14-15-16-17-18-19-20-21-40(44)54-39-38-53-37-36-52-35-34-51-33-32-50-31-30-49-29-28-48-27-26-47-25-24-46-23-22-43(5)41(45)55-42(2,3)4/h6-39H2,1-5H3. The van der Waals surface area contributed by atoms with E-state index in [1.165, 1.54) is 88.4 Å². The Morgan fingerprint density at radius 1 is 0.418 bits per heavy atom. The smallest absolute Gasteiger partial charge is 0.410 e. The normalized spacial score (nSPS) is 11.7. The average Bonchev–Trinajstić information content (AvgIpc) is 3.15. The van der Waals surface area contributed by atoms with Crippen molar-refractivity contribution in [1.82, 2.24) is 4.90 Å². The molecule has 0 aromatic rings. The quantitative estimate of drug-likeness (QED) is 0.0442. The molecule has 0 radical (unpaired) electrons. The molecule has 0 saturated carbocycles. The van der Waals surface area contributed by atoms with Crippen LogP contribution < -0.4 is 0 Å². The number of hydrogen-bond acceptors (Lipinski definition) is 12. The number of amides is 1. The van der Waals surface area contributed by atoms with Crippen LogP contribution in [0.3, 0.4) is 0 Å². The van der Waals surface area contributed by atoms with Crippen LogP contribution in [-0.2, 0) is 52.2 Å². The molecule has 0 aliphatic rings. The van der Waals surface area contributed by atoms with Crippen LogP contribution in [0.4, 0.5) is 4.79 Å². The number of carbonyl (C=O) groups is 2. The number of nitrogens with zero attached hydrogens (tertiary/aromatic N) is 1. The van der Waals surface area contributed by atoms with Crippen molar-refractivity contribution >= 4 is 12.1 Å². The summed E-state index contributed by atoms with van der Waals surface area (Å²) < 4.78 is 54.5. The van der Waals surface area contributed by atoms with Crippen molar-refractivity contribution in [2.24, 2.45) is 0 Å². The third kappa shape index (κ3) is 45.0. The van der Waals surface area contributed by atoms with Gasteiger partial charge in [0.25, 0.3) is 0 Å². The third-order valence-electron chi connectivity index (χ3n) is 8.36. The molecule has 0 heterocycles. The fraction of sp³-hybridized carbons (Fsp3) is 0.952. The minimum Gasteiger partial charge on any atom is -0.463 e. The van der Waals surface area contributed by atoms with E-state index in [9.17, 15) is 9.59 Å². The van der Waals surface area contributed by atoms with E-state index in [2.05, 4.69) is 6.92 Å². The second-order valence-corrected chi connectivity index (χ2v) is 14.7. The van der Waals surface area contributed by atoms with E-state index in [-0.39, 0.29) is 18.7 Å². The van der Waals surface area contributed by atoms with E-state index < -0.39 is 5.60 Å². The minimum atomic E-state index is -0.511. The molecule has 1 amide bonds. The molecular formula is C42H83NO12. The van der Waals surface area contributed by atoms with Gasteiger partial charge in [-0.25, -0.2) is 4.79 Å². The lowest BCUT2D eigenvalue weighted by molar-refractivity contribution is -0.145. The molecule has 0 rings (SSSR count). The number of ether oxygens (including phenoxy) is 10. The van der Waals surface area contributed by atoms with Crippen molar-refractivity contribution in [3.05, 3.63) is 0 Å². The van der Waals surface area contributed by atoms with Gasteiger partial charge in [0, 0.05) is 20.0 Å². The lowest BCUT2D eigenvalue weighted by atomic mass is 10.0. The van der Waals surface area contributed by atoms with Crippen molar-refractivity contribution in [1.29, 1.82) is 0 Å². The van der Waals surface area contributed by atoms with Gasteiger partial charge >= 0.3 is 12.1 Å². The Hall–Kier alpha value is -1.58. The van der Waals surface area contributed by atoms with Gasteiger partial charge in [-0.3, -0.25) is 4.79 Å². The monoisotopic (exact) mass is 794 g/mol. The lowest BCUT2D eigenvalue weighted by Crippen LogP contribution is -2.36. The molecule has 328 valence electrons. The highest BCUT2D eigenvalue weighted by molar-refractivity contribution is 5.69. The first-order chi connectivity index (χ1) is 26.8. The first-order valence-electron chi connectivity index (χ1n) is 21.5. The van der Waals surface area contributed by atoms with Gasteiger partial charge in [-0.05, 0) is 27.2 Å². The Morgan fingerprint density at radius 2 is 0.709 bits per heavy atom. The zero-order valence-electron chi connectivity index (χ0n) is 35.9. The van der Waals surface area contributed by atoms with E-state index >= 15 is 0 Å². The van der Waals surface area contributed by atoms with Gasteiger partial charge in [0.2, 0.25) is 0 Å². The van der Waals surface area contributed by atoms with Crippen molar-refractivity contribution in [2.45, 2.75) is 136 Å². The molecule has 0 spiro atoms. The van der Waals surface area contributed by atoms with Crippen LogP contribution in [0.2, 0.25) is 0 Å². The highest BCUT2D eigenvalue weighted by Crippen LogP contribution is 2.14. The topological polar surface area (TPSA) is 130 Å². The fourth-order valence-electron chi connectivity index (χ4n) is 5.20. The zero-order chi connectivity index (χ0) is 40.3. The SMILES string of the molecule is CCCCCCCCCCCCCCCCCC(=O)OCCOCCOCCOCCOCCOCCOCCOCCOCCN(C)C(=O)OC(C)(C)C. The molecule has 0 aromatic heterocycles. The van der Waals surface area contributed by atoms with Crippen molar-refractivity contribution in [2.75, 3.05) is 126 Å². The summed E-state index contributed by atoms with van der Waals surface area (Å²) >= 11 is 0. The maximum atomic E-state index is 11.9. The zero-order valence-corrected chi connectivity index (χ0v) is 35.9. The Balaban J connectivity index is 3.20. The number of esters is 1. The highest BCUT2D eigenvalue weighted by Gasteiger charge is 2.19. The summed E-state index contributed by atoms with van der Waals surface area (Å²) in [6.45, 7) is 16.0. The fourth-order valence-corrected chi connectivity index (χ4v) is 5.20. The molecule has 0 bridgehead atoms. The van der Waals surface area contributed by atoms with Gasteiger partial charge < -0.3 is 52.3 Å². The Labute approximate surface area is 335 Å². The number of unbranched alkanes of at least 4 members (excludes halogenated alkanes) is 14. The predicted molar refractivity (Wildman–Crippen MR) is 216 cm³/mol. The van der Waals surface area contributed by atoms with Crippen LogP contribution in [0, 0.1) is 0 Å². The summed E-state index contributed by atoms with van der Waals surface area (Å²) in [5, 5.41) is 0. The summed E-state index contributed by atoms with van der Waals surface area (Å²) in [5.41, 5.74) is -0.511. The first-order valence-corrected chi connectivity index (χ1v) is 21.5. The predicted octanol–water partition coefficient (Wildman–Crippen LogP) is 7.79. The van der Waals surface area contributed by atoms with Crippen LogP contribution in [0.15, 0.2) is 0 Å². The maximum Gasteiger partial charge on any atom is 0.410 e. The highest BCUT2D eigenvalue weighted by atomic mass is 16.6. The summed E-state index contributed by atoms with van der Waals surface area (Å²) in [4.78, 5) is 25.3. The number of carbonyl (C=O) groups excluding carboxylic acids is 2. The van der Waals surface area contributed by atoms with Gasteiger partial charge in [-0.1, -0.05) is 96.8 Å². The molecule has 0 N–H and O–H groups in total. The summed E-state index contributed by atoms with van der Waals surface area (Å²) in [6, 6.07) is 0. The molecular weight excluding hydrogens is 710 g/mol. The molecule has 0 aliphatic heterocycles. The molecule has 13 heteroatoms. The average molecular weight is 794 g/mol. The molecule has 0 fully saturated rings. The van der Waals surface area contributed by atoms with E-state index in [4.69, 9.17) is 47.4 Å². The first kappa shape index (κ1) is 53.4. The van der Waals surface area contributed by atoms with Crippen LogP contribution in [0.25, 0.3) is 0 Å². The molecule has 0 unspecified atom stereocenters. The lowest BCUT2D eigenvalue weighted by Gasteiger charge is -2.24. The van der Waals surface area contributed by atoms with Crippen molar-refractivity contribution < 1.29 is 57.0 Å². The van der Waals surface area contributed by atoms with E-state index in [0.29, 0.717) is 119 Å². The Morgan fingerprint density at radius 3 is 1.04 bits per heavy atom. The van der Waals surface area contributed by atoms with Gasteiger partial charge in [0.05, 0.1) is 106 Å². The van der Waals surface area contributed by atoms with Crippen LogP contribution >= 0.6 is 0 Å². The molecule has 0 aromatic carbocycles. The number of rotatable bonds is 43. The van der Waals surface area contributed by atoms with Crippen LogP contribution in [0.5, 0.6) is 0 Å². The molecule has 13 nitrogen and oxygen atoms in total. The minimum absolute atomic E-state index is 0.133. The van der Waals surface area contributed by atoms with E-state index in [1.807, 2.05) is 20.8 Å². The van der Waals surface area contributed by atoms with E-state index in [1.54, 1.807) is 7.05 Å². The second kappa shape index (κ2) is 42.0. The molecule has 55 heavy (non-hydrogen) atoms. The van der Waals surface area contributed by atoms with Gasteiger partial charge in [-0.2, -0.15) is 0 Å². The summed E-state index contributed by atoms with van der Waals surface area (Å²) in [6.07, 6.45) is 19.8. The number of hydrogen-bond donors (Lipinski definition) is 0. The summed E-state index contributed by atoms with van der Waals surface area (Å²) in [5.74, 6) is -0.133. The Kier molecular flexibility index (Phi) is 40.8. The second-order valence-electron chi connectivity index (χ2n) is 14.7. The summed E-state index contributed by atoms with van der Waals surface area (Å²) in [7, 11) is 1.68.